The van der Waals surface area contributed by atoms with Crippen LogP contribution >= 0.6 is 0 Å². The third-order valence-electron chi connectivity index (χ3n) is 2.67. The quantitative estimate of drug-likeness (QED) is 0.260. The lowest BCUT2D eigenvalue weighted by molar-refractivity contribution is 0.358. The van der Waals surface area contributed by atoms with Crippen molar-refractivity contribution in [2.45, 2.75) is 4.90 Å². The maximum absolute atomic E-state index is 13.5. The van der Waals surface area contributed by atoms with Gasteiger partial charge in [0, 0.05) is 6.07 Å². The number of nitrogens with one attached hydrogen (secondary N) is 1. The molecule has 2 rings (SSSR count). The van der Waals surface area contributed by atoms with E-state index in [4.69, 9.17) is 5.11 Å². The summed E-state index contributed by atoms with van der Waals surface area (Å²) in [5, 5.41) is 18.3. The second-order valence-electron chi connectivity index (χ2n) is 4.21. The molecule has 0 fully saturated rings. The maximum Gasteiger partial charge on any atom is 0.267 e. The van der Waals surface area contributed by atoms with E-state index in [0.717, 1.165) is 12.1 Å². The molecule has 0 spiro atoms. The lowest BCUT2D eigenvalue weighted by Crippen LogP contribution is -2.19. The van der Waals surface area contributed by atoms with Gasteiger partial charge in [-0.3, -0.25) is 4.72 Å². The van der Waals surface area contributed by atoms with Crippen LogP contribution in [-0.2, 0) is 10.0 Å². The fraction of sp³-hybridized carbons (Fsp3) is 0. The predicted molar refractivity (Wildman–Crippen MR) is 66.8 cm³/mol. The van der Waals surface area contributed by atoms with E-state index >= 15 is 0 Å². The Morgan fingerprint density at radius 3 is 1.74 bits per heavy atom. The van der Waals surface area contributed by atoms with Crippen LogP contribution in [0, 0.1) is 29.1 Å². The van der Waals surface area contributed by atoms with Crippen molar-refractivity contribution >= 4 is 15.7 Å². The Morgan fingerprint density at radius 2 is 1.26 bits per heavy atom. The first-order valence-corrected chi connectivity index (χ1v) is 7.10. The Morgan fingerprint density at radius 1 is 0.783 bits per heavy atom. The smallest absolute Gasteiger partial charge is 0.267 e. The summed E-state index contributed by atoms with van der Waals surface area (Å²) in [5.41, 5.74) is -0.482. The number of phenolic OH excluding ortho intramolecular Hbond substituents is 2. The van der Waals surface area contributed by atoms with Crippen LogP contribution in [0.15, 0.2) is 23.1 Å². The second kappa shape index (κ2) is 5.57. The number of anilines is 1. The van der Waals surface area contributed by atoms with E-state index in [2.05, 4.69) is 0 Å². The molecule has 0 heterocycles. The molecule has 0 saturated heterocycles. The molecule has 0 atom stereocenters. The molecule has 3 N–H and O–H groups in total. The van der Waals surface area contributed by atoms with Crippen molar-refractivity contribution in [3.8, 4) is 11.5 Å². The highest BCUT2D eigenvalue weighted by Gasteiger charge is 2.33. The molecule has 23 heavy (non-hydrogen) atoms. The number of aromatic hydroxyl groups is 2. The molecular formula is C12H6F5NO4S. The molecule has 124 valence electrons. The van der Waals surface area contributed by atoms with E-state index in [-0.39, 0.29) is 0 Å². The maximum atomic E-state index is 13.5. The van der Waals surface area contributed by atoms with Crippen LogP contribution in [0.4, 0.5) is 27.6 Å². The number of phenols is 2. The molecule has 11 heteroatoms. The zero-order valence-electron chi connectivity index (χ0n) is 10.7. The largest absolute Gasteiger partial charge is 0.504 e. The first-order valence-electron chi connectivity index (χ1n) is 5.62. The first-order chi connectivity index (χ1) is 10.6. The van der Waals surface area contributed by atoms with Crippen molar-refractivity contribution in [2.24, 2.45) is 0 Å². The lowest BCUT2D eigenvalue weighted by atomic mass is 10.3. The van der Waals surface area contributed by atoms with Gasteiger partial charge >= 0.3 is 0 Å². The van der Waals surface area contributed by atoms with Gasteiger partial charge in [-0.2, -0.15) is 0 Å². The minimum atomic E-state index is -5.21. The normalized spacial score (nSPS) is 11.5. The van der Waals surface area contributed by atoms with Gasteiger partial charge in [0.05, 0.1) is 5.69 Å². The van der Waals surface area contributed by atoms with Crippen LogP contribution in [0.2, 0.25) is 0 Å². The molecule has 0 aliphatic carbocycles. The van der Waals surface area contributed by atoms with Gasteiger partial charge in [-0.1, -0.05) is 0 Å². The van der Waals surface area contributed by atoms with Gasteiger partial charge in [0.15, 0.2) is 39.7 Å². The van der Waals surface area contributed by atoms with Gasteiger partial charge < -0.3 is 10.2 Å². The third kappa shape index (κ3) is 2.86. The molecular weight excluding hydrogens is 349 g/mol. The van der Waals surface area contributed by atoms with Gasteiger partial charge in [0.25, 0.3) is 10.0 Å². The van der Waals surface area contributed by atoms with Crippen molar-refractivity contribution in [3.05, 3.63) is 47.3 Å². The van der Waals surface area contributed by atoms with Crippen LogP contribution in [0.5, 0.6) is 11.5 Å². The second-order valence-corrected chi connectivity index (χ2v) is 5.83. The van der Waals surface area contributed by atoms with E-state index < -0.39 is 61.2 Å². The number of benzene rings is 2. The summed E-state index contributed by atoms with van der Waals surface area (Å²) < 4.78 is 91.3. The average Bonchev–Trinajstić information content (AvgIpc) is 2.46. The van der Waals surface area contributed by atoms with Gasteiger partial charge in [0.2, 0.25) is 5.82 Å². The van der Waals surface area contributed by atoms with E-state index in [1.807, 2.05) is 0 Å². The fourth-order valence-corrected chi connectivity index (χ4v) is 2.80. The van der Waals surface area contributed by atoms with Crippen molar-refractivity contribution in [2.75, 3.05) is 4.72 Å². The van der Waals surface area contributed by atoms with Gasteiger partial charge in [0.1, 0.15) is 0 Å². The molecule has 2 aromatic rings. The summed E-state index contributed by atoms with van der Waals surface area (Å²) in [4.78, 5) is -2.07. The molecule has 0 aromatic heterocycles. The van der Waals surface area contributed by atoms with Crippen LogP contribution in [0.1, 0.15) is 0 Å². The Labute approximate surface area is 125 Å². The lowest BCUT2D eigenvalue weighted by Gasteiger charge is -2.11. The Hall–Kier alpha value is -2.56. The topological polar surface area (TPSA) is 86.6 Å². The minimum Gasteiger partial charge on any atom is -0.504 e. The molecule has 2 aromatic carbocycles. The highest BCUT2D eigenvalue weighted by atomic mass is 32.2. The Kier molecular flexibility index (Phi) is 4.07. The van der Waals surface area contributed by atoms with Crippen LogP contribution in [0.3, 0.4) is 0 Å². The van der Waals surface area contributed by atoms with Crippen molar-refractivity contribution in [1.82, 2.24) is 0 Å². The summed E-state index contributed by atoms with van der Waals surface area (Å²) in [5.74, 6) is -13.8. The highest BCUT2D eigenvalue weighted by Crippen LogP contribution is 2.31. The molecule has 0 aliphatic rings. The third-order valence-corrected chi connectivity index (χ3v) is 4.07. The van der Waals surface area contributed by atoms with E-state index in [9.17, 15) is 35.5 Å². The molecule has 0 amide bonds. The summed E-state index contributed by atoms with van der Waals surface area (Å²) in [6, 6.07) is 2.39. The summed E-state index contributed by atoms with van der Waals surface area (Å²) >= 11 is 0. The van der Waals surface area contributed by atoms with E-state index in [1.54, 1.807) is 0 Å². The molecule has 0 radical (unpaired) electrons. The van der Waals surface area contributed by atoms with Crippen molar-refractivity contribution in [3.63, 3.8) is 0 Å². The molecule has 0 saturated carbocycles. The average molecular weight is 355 g/mol. The monoisotopic (exact) mass is 355 g/mol. The number of sulfonamides is 1. The summed E-state index contributed by atoms with van der Waals surface area (Å²) in [7, 11) is -5.21. The number of halogens is 5. The zero-order valence-corrected chi connectivity index (χ0v) is 11.6. The zero-order chi connectivity index (χ0) is 17.5. The van der Waals surface area contributed by atoms with Gasteiger partial charge in [-0.25, -0.2) is 30.4 Å². The van der Waals surface area contributed by atoms with Crippen LogP contribution in [0.25, 0.3) is 0 Å². The van der Waals surface area contributed by atoms with Crippen molar-refractivity contribution in [1.29, 1.82) is 0 Å². The molecule has 0 aliphatic heterocycles. The fourth-order valence-electron chi connectivity index (χ4n) is 1.61. The van der Waals surface area contributed by atoms with E-state index in [0.29, 0.717) is 6.07 Å². The van der Waals surface area contributed by atoms with Crippen molar-refractivity contribution < 1.29 is 40.6 Å². The van der Waals surface area contributed by atoms with Gasteiger partial charge in [-0.05, 0) is 12.1 Å². The van der Waals surface area contributed by atoms with Crippen LogP contribution < -0.4 is 4.72 Å². The standard InChI is InChI=1S/C12H6F5NO4S/c13-7-8(14)10(16)12(11(17)9(7)15)23(21,22)18-4-1-2-5(19)6(20)3-4/h1-3,18-20H. The number of hydrogen-bond acceptors (Lipinski definition) is 4. The molecule has 5 nitrogen and oxygen atoms in total. The summed E-state index contributed by atoms with van der Waals surface area (Å²) in [6.45, 7) is 0. The SMILES string of the molecule is O=S(=O)(Nc1ccc(O)c(O)c1)c1c(F)c(F)c(F)c(F)c1F. The van der Waals surface area contributed by atoms with E-state index in [1.165, 1.54) is 4.72 Å². The highest BCUT2D eigenvalue weighted by molar-refractivity contribution is 7.92. The first kappa shape index (κ1) is 16.8. The Balaban J connectivity index is 2.58. The molecule has 0 bridgehead atoms. The summed E-state index contributed by atoms with van der Waals surface area (Å²) in [6.07, 6.45) is 0. The Bertz CT molecular complexity index is 872. The predicted octanol–water partition coefficient (Wildman–Crippen LogP) is 2.59. The van der Waals surface area contributed by atoms with Gasteiger partial charge in [-0.15, -0.1) is 0 Å². The number of hydrogen-bond donors (Lipinski definition) is 3. The minimum absolute atomic E-state index is 0.482. The van der Waals surface area contributed by atoms with Crippen LogP contribution in [-0.4, -0.2) is 18.6 Å². The number of rotatable bonds is 3. The molecule has 0 unspecified atom stereocenters.